The molecule has 0 saturated carbocycles. The minimum atomic E-state index is 0.0774. The summed E-state index contributed by atoms with van der Waals surface area (Å²) in [6.07, 6.45) is 0. The van der Waals surface area contributed by atoms with Gasteiger partial charge < -0.3 is 5.11 Å². The van der Waals surface area contributed by atoms with Crippen molar-refractivity contribution in [3.63, 3.8) is 0 Å². The van der Waals surface area contributed by atoms with Crippen molar-refractivity contribution in [2.75, 3.05) is 0 Å². The fourth-order valence-electron chi connectivity index (χ4n) is 1.80. The second-order valence-electron chi connectivity index (χ2n) is 4.79. The molecule has 15 heavy (non-hydrogen) atoms. The van der Waals surface area contributed by atoms with Gasteiger partial charge in [-0.05, 0) is 23.1 Å². The van der Waals surface area contributed by atoms with Crippen molar-refractivity contribution in [1.82, 2.24) is 4.98 Å². The van der Waals surface area contributed by atoms with Crippen LogP contribution >= 0.6 is 0 Å². The van der Waals surface area contributed by atoms with Gasteiger partial charge in [0.1, 0.15) is 0 Å². The van der Waals surface area contributed by atoms with Crippen molar-refractivity contribution in [1.29, 1.82) is 0 Å². The van der Waals surface area contributed by atoms with Crippen LogP contribution in [0.2, 0.25) is 0 Å². The molecule has 2 heteroatoms. The van der Waals surface area contributed by atoms with Crippen LogP contribution in [0, 0.1) is 0 Å². The summed E-state index contributed by atoms with van der Waals surface area (Å²) in [7, 11) is 0. The monoisotopic (exact) mass is 201 g/mol. The third kappa shape index (κ3) is 1.80. The first-order chi connectivity index (χ1) is 6.98. The first-order valence-electron chi connectivity index (χ1n) is 5.08. The molecule has 2 nitrogen and oxygen atoms in total. The van der Waals surface area contributed by atoms with Crippen molar-refractivity contribution < 1.29 is 5.11 Å². The van der Waals surface area contributed by atoms with E-state index in [0.29, 0.717) is 0 Å². The summed E-state index contributed by atoms with van der Waals surface area (Å²) in [6, 6.07) is 9.58. The van der Waals surface area contributed by atoms with E-state index in [1.807, 2.05) is 18.2 Å². The molecule has 2 rings (SSSR count). The molecular formula is C13H15NO. The van der Waals surface area contributed by atoms with Crippen molar-refractivity contribution in [2.24, 2.45) is 0 Å². The molecule has 0 aliphatic rings. The Bertz CT molecular complexity index is 497. The summed E-state index contributed by atoms with van der Waals surface area (Å²) >= 11 is 0. The van der Waals surface area contributed by atoms with E-state index < -0.39 is 0 Å². The van der Waals surface area contributed by atoms with E-state index in [4.69, 9.17) is 0 Å². The lowest BCUT2D eigenvalue weighted by atomic mass is 9.84. The summed E-state index contributed by atoms with van der Waals surface area (Å²) in [4.78, 5) is 4.11. The molecule has 0 unspecified atom stereocenters. The van der Waals surface area contributed by atoms with Gasteiger partial charge in [-0.25, -0.2) is 4.98 Å². The number of hydrogen-bond donors (Lipinski definition) is 1. The van der Waals surface area contributed by atoms with Crippen LogP contribution in [0.4, 0.5) is 0 Å². The summed E-state index contributed by atoms with van der Waals surface area (Å²) in [5.74, 6) is 0.0774. The van der Waals surface area contributed by atoms with Crippen molar-refractivity contribution >= 4 is 10.9 Å². The molecule has 0 aliphatic carbocycles. The quantitative estimate of drug-likeness (QED) is 0.709. The topological polar surface area (TPSA) is 33.1 Å². The highest BCUT2D eigenvalue weighted by Gasteiger charge is 2.16. The average Bonchev–Trinajstić information content (AvgIpc) is 2.15. The fourth-order valence-corrected chi connectivity index (χ4v) is 1.80. The zero-order chi connectivity index (χ0) is 11.1. The molecule has 1 N–H and O–H groups in total. The van der Waals surface area contributed by atoms with Crippen LogP contribution in [0.1, 0.15) is 26.3 Å². The molecule has 2 aromatic rings. The number of rotatable bonds is 0. The van der Waals surface area contributed by atoms with E-state index in [1.165, 1.54) is 5.56 Å². The van der Waals surface area contributed by atoms with Crippen molar-refractivity contribution in [3.8, 4) is 5.88 Å². The average molecular weight is 201 g/mol. The highest BCUT2D eigenvalue weighted by atomic mass is 16.3. The SMILES string of the molecule is CC(C)(C)c1cccc2nc(O)ccc12. The molecule has 0 amide bonds. The molecule has 0 radical (unpaired) electrons. The van der Waals surface area contributed by atoms with Crippen LogP contribution in [0.5, 0.6) is 5.88 Å². The number of nitrogens with zero attached hydrogens (tertiary/aromatic N) is 1. The van der Waals surface area contributed by atoms with E-state index in [2.05, 4.69) is 31.8 Å². The maximum atomic E-state index is 9.31. The molecule has 1 heterocycles. The molecular weight excluding hydrogens is 186 g/mol. The lowest BCUT2D eigenvalue weighted by molar-refractivity contribution is 0.456. The lowest BCUT2D eigenvalue weighted by Gasteiger charge is -2.20. The molecule has 0 spiro atoms. The zero-order valence-electron chi connectivity index (χ0n) is 9.28. The molecule has 1 aromatic carbocycles. The third-order valence-corrected chi connectivity index (χ3v) is 2.53. The second-order valence-corrected chi connectivity index (χ2v) is 4.79. The van der Waals surface area contributed by atoms with Gasteiger partial charge in [-0.2, -0.15) is 0 Å². The minimum absolute atomic E-state index is 0.0774. The van der Waals surface area contributed by atoms with Crippen LogP contribution in [0.15, 0.2) is 30.3 Å². The van der Waals surface area contributed by atoms with E-state index in [0.717, 1.165) is 10.9 Å². The summed E-state index contributed by atoms with van der Waals surface area (Å²) in [5, 5.41) is 10.4. The van der Waals surface area contributed by atoms with Gasteiger partial charge in [0, 0.05) is 11.5 Å². The minimum Gasteiger partial charge on any atom is -0.493 e. The Balaban J connectivity index is 2.77. The Morgan fingerprint density at radius 1 is 1.07 bits per heavy atom. The van der Waals surface area contributed by atoms with E-state index in [1.54, 1.807) is 6.07 Å². The molecule has 0 atom stereocenters. The number of aromatic hydroxyl groups is 1. The van der Waals surface area contributed by atoms with Crippen LogP contribution in [-0.4, -0.2) is 10.1 Å². The highest BCUT2D eigenvalue weighted by Crippen LogP contribution is 2.29. The van der Waals surface area contributed by atoms with E-state index in [-0.39, 0.29) is 11.3 Å². The summed E-state index contributed by atoms with van der Waals surface area (Å²) in [6.45, 7) is 6.53. The molecule has 78 valence electrons. The van der Waals surface area contributed by atoms with Gasteiger partial charge in [0.15, 0.2) is 0 Å². The molecule has 1 aromatic heterocycles. The molecule has 0 bridgehead atoms. The Labute approximate surface area is 89.6 Å². The first-order valence-corrected chi connectivity index (χ1v) is 5.08. The van der Waals surface area contributed by atoms with Crippen molar-refractivity contribution in [2.45, 2.75) is 26.2 Å². The maximum Gasteiger partial charge on any atom is 0.211 e. The summed E-state index contributed by atoms with van der Waals surface area (Å²) in [5.41, 5.74) is 2.20. The van der Waals surface area contributed by atoms with Gasteiger partial charge in [-0.3, -0.25) is 0 Å². The van der Waals surface area contributed by atoms with Crippen LogP contribution < -0.4 is 0 Å². The van der Waals surface area contributed by atoms with E-state index in [9.17, 15) is 5.11 Å². The van der Waals surface area contributed by atoms with Gasteiger partial charge in [0.05, 0.1) is 5.52 Å². The second kappa shape index (κ2) is 3.23. The molecule has 0 aliphatic heterocycles. The van der Waals surface area contributed by atoms with Gasteiger partial charge in [-0.15, -0.1) is 0 Å². The van der Waals surface area contributed by atoms with Crippen LogP contribution in [-0.2, 0) is 5.41 Å². The first kappa shape index (κ1) is 9.97. The predicted octanol–water partition coefficient (Wildman–Crippen LogP) is 3.24. The number of aromatic nitrogens is 1. The third-order valence-electron chi connectivity index (χ3n) is 2.53. The fraction of sp³-hybridized carbons (Fsp3) is 0.308. The van der Waals surface area contributed by atoms with Gasteiger partial charge in [0.25, 0.3) is 0 Å². The van der Waals surface area contributed by atoms with E-state index >= 15 is 0 Å². The highest BCUT2D eigenvalue weighted by molar-refractivity contribution is 5.83. The van der Waals surface area contributed by atoms with Crippen molar-refractivity contribution in [3.05, 3.63) is 35.9 Å². The van der Waals surface area contributed by atoms with Crippen LogP contribution in [0.3, 0.4) is 0 Å². The number of benzene rings is 1. The van der Waals surface area contributed by atoms with Gasteiger partial charge in [-0.1, -0.05) is 32.9 Å². The van der Waals surface area contributed by atoms with Gasteiger partial charge in [0.2, 0.25) is 5.88 Å². The summed E-state index contributed by atoms with van der Waals surface area (Å²) < 4.78 is 0. The Kier molecular flexibility index (Phi) is 2.14. The largest absolute Gasteiger partial charge is 0.493 e. The van der Waals surface area contributed by atoms with Gasteiger partial charge >= 0.3 is 0 Å². The van der Waals surface area contributed by atoms with Crippen LogP contribution in [0.25, 0.3) is 10.9 Å². The Morgan fingerprint density at radius 2 is 1.80 bits per heavy atom. The number of pyridine rings is 1. The lowest BCUT2D eigenvalue weighted by Crippen LogP contribution is -2.11. The zero-order valence-corrected chi connectivity index (χ0v) is 9.28. The normalized spacial score (nSPS) is 11.9. The molecule has 0 saturated heterocycles. The Morgan fingerprint density at radius 3 is 2.47 bits per heavy atom. The Hall–Kier alpha value is -1.57. The smallest absolute Gasteiger partial charge is 0.211 e. The standard InChI is InChI=1S/C13H15NO/c1-13(2,3)10-5-4-6-11-9(10)7-8-12(15)14-11/h4-8H,1-3H3,(H,14,15). The number of hydrogen-bond acceptors (Lipinski definition) is 2. The molecule has 0 fully saturated rings. The number of fused-ring (bicyclic) bond motifs is 1. The maximum absolute atomic E-state index is 9.31. The predicted molar refractivity (Wildman–Crippen MR) is 62.1 cm³/mol.